The van der Waals surface area contributed by atoms with Gasteiger partial charge in [0.05, 0.1) is 7.11 Å². The molecule has 1 aromatic carbocycles. The first-order valence-corrected chi connectivity index (χ1v) is 9.50. The van der Waals surface area contributed by atoms with Gasteiger partial charge in [0.2, 0.25) is 5.91 Å². The number of para-hydroxylation sites is 1. The summed E-state index contributed by atoms with van der Waals surface area (Å²) in [6, 6.07) is 11.3. The van der Waals surface area contributed by atoms with E-state index in [1.807, 2.05) is 41.9 Å². The summed E-state index contributed by atoms with van der Waals surface area (Å²) in [6.07, 6.45) is 4.29. The average molecular weight is 370 g/mol. The molecule has 0 fully saturated rings. The monoisotopic (exact) mass is 370 g/mol. The maximum Gasteiger partial charge on any atom is 0.328 e. The molecule has 0 saturated carbocycles. The third-order valence-corrected chi connectivity index (χ3v) is 5.26. The van der Waals surface area contributed by atoms with Crippen molar-refractivity contribution in [1.29, 1.82) is 0 Å². The Morgan fingerprint density at radius 1 is 1.23 bits per heavy atom. The minimum Gasteiger partial charge on any atom is -0.467 e. The van der Waals surface area contributed by atoms with Gasteiger partial charge in [0.15, 0.2) is 0 Å². The second-order valence-corrected chi connectivity index (χ2v) is 7.17. The number of thiophene rings is 1. The molecular weight excluding hydrogens is 348 g/mol. The maximum absolute atomic E-state index is 12.3. The highest BCUT2D eigenvalue weighted by molar-refractivity contribution is 7.09. The van der Waals surface area contributed by atoms with Gasteiger partial charge in [-0.2, -0.15) is 0 Å². The van der Waals surface area contributed by atoms with Crippen LogP contribution >= 0.6 is 11.3 Å². The largest absolute Gasteiger partial charge is 0.467 e. The average Bonchev–Trinajstić information content (AvgIpc) is 3.31. The van der Waals surface area contributed by atoms with Crippen LogP contribution in [-0.2, 0) is 27.2 Å². The van der Waals surface area contributed by atoms with E-state index in [1.165, 1.54) is 12.0 Å². The lowest BCUT2D eigenvalue weighted by atomic mass is 10.0. The van der Waals surface area contributed by atoms with Gasteiger partial charge in [-0.15, -0.1) is 11.3 Å². The van der Waals surface area contributed by atoms with E-state index >= 15 is 0 Å². The number of esters is 1. The van der Waals surface area contributed by atoms with Crippen molar-refractivity contribution < 1.29 is 14.3 Å². The van der Waals surface area contributed by atoms with Crippen LogP contribution in [0.4, 0.5) is 0 Å². The number of hydrogen-bond acceptors (Lipinski definition) is 4. The number of hydrogen-bond donors (Lipinski definition) is 2. The second kappa shape index (κ2) is 8.67. The number of methoxy groups -OCH3 is 1. The fourth-order valence-corrected chi connectivity index (χ4v) is 3.75. The molecular formula is C20H22N2O3S. The van der Waals surface area contributed by atoms with Gasteiger partial charge < -0.3 is 15.0 Å². The summed E-state index contributed by atoms with van der Waals surface area (Å²) in [4.78, 5) is 28.9. The predicted octanol–water partition coefficient (Wildman–Crippen LogP) is 3.45. The Morgan fingerprint density at radius 3 is 2.85 bits per heavy atom. The summed E-state index contributed by atoms with van der Waals surface area (Å²) in [5, 5.41) is 5.91. The summed E-state index contributed by atoms with van der Waals surface area (Å²) >= 11 is 1.69. The number of rotatable bonds is 8. The van der Waals surface area contributed by atoms with Gasteiger partial charge >= 0.3 is 5.97 Å². The molecule has 6 heteroatoms. The molecule has 0 bridgehead atoms. The number of fused-ring (bicyclic) bond motifs is 1. The second-order valence-electron chi connectivity index (χ2n) is 6.14. The molecule has 26 heavy (non-hydrogen) atoms. The Morgan fingerprint density at radius 2 is 2.08 bits per heavy atom. The highest BCUT2D eigenvalue weighted by atomic mass is 32.1. The topological polar surface area (TPSA) is 71.2 Å². The zero-order valence-electron chi connectivity index (χ0n) is 14.7. The van der Waals surface area contributed by atoms with Gasteiger partial charge in [-0.05, 0) is 35.9 Å². The number of ether oxygens (including phenoxy) is 1. The van der Waals surface area contributed by atoms with Gasteiger partial charge in [0.25, 0.3) is 0 Å². The van der Waals surface area contributed by atoms with E-state index < -0.39 is 12.0 Å². The van der Waals surface area contributed by atoms with Crippen molar-refractivity contribution in [3.8, 4) is 0 Å². The molecule has 0 aliphatic carbocycles. The molecule has 5 nitrogen and oxygen atoms in total. The summed E-state index contributed by atoms with van der Waals surface area (Å²) < 4.78 is 4.88. The molecule has 0 radical (unpaired) electrons. The van der Waals surface area contributed by atoms with E-state index in [-0.39, 0.29) is 5.91 Å². The highest BCUT2D eigenvalue weighted by Crippen LogP contribution is 2.19. The van der Waals surface area contributed by atoms with E-state index in [0.717, 1.165) is 29.3 Å². The Bertz CT molecular complexity index is 870. The predicted molar refractivity (Wildman–Crippen MR) is 103 cm³/mol. The molecule has 3 rings (SSSR count). The number of aromatic nitrogens is 1. The smallest absolute Gasteiger partial charge is 0.328 e. The van der Waals surface area contributed by atoms with Crippen LogP contribution in [0.5, 0.6) is 0 Å². The van der Waals surface area contributed by atoms with E-state index in [9.17, 15) is 9.59 Å². The molecule has 2 heterocycles. The highest BCUT2D eigenvalue weighted by Gasteiger charge is 2.23. The number of aromatic amines is 1. The molecule has 1 unspecified atom stereocenters. The zero-order chi connectivity index (χ0) is 18.4. The Labute approximate surface area is 156 Å². The Hall–Kier alpha value is -2.60. The van der Waals surface area contributed by atoms with Crippen molar-refractivity contribution in [2.75, 3.05) is 7.11 Å². The van der Waals surface area contributed by atoms with Gasteiger partial charge in [0, 0.05) is 34.8 Å². The first-order chi connectivity index (χ1) is 12.7. The Balaban J connectivity index is 1.60. The fourth-order valence-electron chi connectivity index (χ4n) is 3.00. The van der Waals surface area contributed by atoms with Gasteiger partial charge in [-0.3, -0.25) is 4.79 Å². The maximum atomic E-state index is 12.3. The van der Waals surface area contributed by atoms with Crippen molar-refractivity contribution in [2.24, 2.45) is 0 Å². The molecule has 1 amide bonds. The normalized spacial score (nSPS) is 12.0. The number of aryl methyl sites for hydroxylation is 1. The third kappa shape index (κ3) is 4.52. The van der Waals surface area contributed by atoms with Crippen molar-refractivity contribution in [3.05, 3.63) is 58.4 Å². The van der Waals surface area contributed by atoms with Crippen LogP contribution < -0.4 is 5.32 Å². The van der Waals surface area contributed by atoms with E-state index in [4.69, 9.17) is 4.74 Å². The lowest BCUT2D eigenvalue weighted by Gasteiger charge is -2.16. The quantitative estimate of drug-likeness (QED) is 0.597. The number of amides is 1. The fraction of sp³-hybridized carbons (Fsp3) is 0.300. The van der Waals surface area contributed by atoms with Crippen molar-refractivity contribution in [1.82, 2.24) is 10.3 Å². The Kier molecular flexibility index (Phi) is 6.07. The van der Waals surface area contributed by atoms with Crippen LogP contribution in [-0.4, -0.2) is 30.0 Å². The zero-order valence-corrected chi connectivity index (χ0v) is 15.5. The molecule has 0 saturated heterocycles. The first-order valence-electron chi connectivity index (χ1n) is 8.62. The number of benzene rings is 1. The molecule has 1 atom stereocenters. The number of carbonyl (C=O) groups excluding carboxylic acids is 2. The molecule has 3 aromatic rings. The standard InChI is InChI=1S/C20H22N2O3S/c1-25-20(24)18(12-14-13-21-17-9-3-2-8-16(14)17)22-19(23)10-4-6-15-7-5-11-26-15/h2-3,5,7-9,11,13,18,21H,4,6,10,12H2,1H3,(H,22,23). The van der Waals surface area contributed by atoms with Crippen LogP contribution in [0.25, 0.3) is 10.9 Å². The van der Waals surface area contributed by atoms with Crippen LogP contribution in [0.2, 0.25) is 0 Å². The van der Waals surface area contributed by atoms with E-state index in [2.05, 4.69) is 16.4 Å². The lowest BCUT2D eigenvalue weighted by Crippen LogP contribution is -2.43. The van der Waals surface area contributed by atoms with Gasteiger partial charge in [0.1, 0.15) is 6.04 Å². The number of H-pyrrole nitrogens is 1. The first kappa shape index (κ1) is 18.2. The minimum absolute atomic E-state index is 0.128. The van der Waals surface area contributed by atoms with Crippen molar-refractivity contribution in [2.45, 2.75) is 31.7 Å². The molecule has 0 spiro atoms. The van der Waals surface area contributed by atoms with Crippen LogP contribution in [0, 0.1) is 0 Å². The number of carbonyl (C=O) groups is 2. The summed E-state index contributed by atoms with van der Waals surface area (Å²) in [6.45, 7) is 0. The molecule has 2 N–H and O–H groups in total. The van der Waals surface area contributed by atoms with Crippen LogP contribution in [0.3, 0.4) is 0 Å². The minimum atomic E-state index is -0.687. The van der Waals surface area contributed by atoms with E-state index in [1.54, 1.807) is 11.3 Å². The van der Waals surface area contributed by atoms with Crippen molar-refractivity contribution in [3.63, 3.8) is 0 Å². The van der Waals surface area contributed by atoms with Gasteiger partial charge in [-0.1, -0.05) is 24.3 Å². The van der Waals surface area contributed by atoms with Crippen LogP contribution in [0.15, 0.2) is 48.0 Å². The molecule has 2 aromatic heterocycles. The third-order valence-electron chi connectivity index (χ3n) is 4.33. The summed E-state index contributed by atoms with van der Waals surface area (Å²) in [7, 11) is 1.34. The van der Waals surface area contributed by atoms with Gasteiger partial charge in [-0.25, -0.2) is 4.79 Å². The summed E-state index contributed by atoms with van der Waals surface area (Å²) in [5.74, 6) is -0.557. The molecule has 0 aliphatic heterocycles. The summed E-state index contributed by atoms with van der Waals surface area (Å²) in [5.41, 5.74) is 1.99. The van der Waals surface area contributed by atoms with Crippen molar-refractivity contribution >= 4 is 34.1 Å². The molecule has 0 aliphatic rings. The lowest BCUT2D eigenvalue weighted by molar-refractivity contribution is -0.145. The van der Waals surface area contributed by atoms with E-state index in [0.29, 0.717) is 12.8 Å². The number of nitrogens with one attached hydrogen (secondary N) is 2. The molecule has 136 valence electrons. The SMILES string of the molecule is COC(=O)C(Cc1c[nH]c2ccccc12)NC(=O)CCCc1cccs1. The van der Waals surface area contributed by atoms with Crippen LogP contribution in [0.1, 0.15) is 23.3 Å².